The molecule has 0 aromatic rings. The summed E-state index contributed by atoms with van der Waals surface area (Å²) in [7, 11) is 0. The Balaban J connectivity index is 2.99. The van der Waals surface area contributed by atoms with Crippen molar-refractivity contribution in [3.8, 4) is 0 Å². The number of amides is 1. The molecule has 2 N–H and O–H groups in total. The number of hydrogen-bond acceptors (Lipinski definition) is 1. The zero-order chi connectivity index (χ0) is 4.99. The van der Waals surface area contributed by atoms with Gasteiger partial charge in [0.2, 0.25) is 5.91 Å². The average Bonchev–Trinajstić information content (AvgIpc) is 1.65. The number of alkyl halides is 1. The van der Waals surface area contributed by atoms with E-state index in [1.54, 1.807) is 5.73 Å². The van der Waals surface area contributed by atoms with Crippen molar-refractivity contribution in [2.45, 2.75) is 0 Å². The standard InChI is InChI=1S/C2H4INO/c3-1-2(4)5/h1H2,(H2,4,5)/i/hD. The van der Waals surface area contributed by atoms with E-state index >= 15 is 0 Å². The zero-order valence-corrected chi connectivity index (χ0v) is 4.65. The quantitative estimate of drug-likeness (QED) is 0.451. The van der Waals surface area contributed by atoms with Gasteiger partial charge < -0.3 is 5.73 Å². The molecule has 0 aromatic heterocycles. The van der Waals surface area contributed by atoms with Crippen molar-refractivity contribution >= 4 is 28.5 Å². The third-order valence-electron chi connectivity index (χ3n) is 0.121. The predicted octanol–water partition coefficient (Wildman–Crippen LogP) is -0.0933. The summed E-state index contributed by atoms with van der Waals surface area (Å²) < 4.78 is 6.57. The van der Waals surface area contributed by atoms with E-state index in [0.717, 1.165) is 0 Å². The molecule has 3 heteroatoms. The molecule has 0 saturated heterocycles. The monoisotopic (exact) mass is 186 g/mol. The number of carbonyl (C=O) groups excluding carboxylic acids is 1. The first kappa shape index (κ1) is 3.39. The smallest absolute Gasteiger partial charge is 0.227 e. The van der Waals surface area contributed by atoms with Gasteiger partial charge in [-0.3, -0.25) is 4.79 Å². The van der Waals surface area contributed by atoms with Gasteiger partial charge in [-0.2, -0.15) is 0 Å². The maximum Gasteiger partial charge on any atom is 0.227 e. The van der Waals surface area contributed by atoms with E-state index in [1.807, 2.05) is 22.6 Å². The lowest BCUT2D eigenvalue weighted by atomic mass is 10.8. The minimum atomic E-state index is -0.254. The lowest BCUT2D eigenvalue weighted by molar-refractivity contribution is -0.115. The van der Waals surface area contributed by atoms with Crippen molar-refractivity contribution in [1.29, 1.82) is 0 Å². The van der Waals surface area contributed by atoms with Gasteiger partial charge in [-0.05, 0) is 0 Å². The third-order valence-corrected chi connectivity index (χ3v) is 0.814. The van der Waals surface area contributed by atoms with Crippen LogP contribution in [0.15, 0.2) is 0 Å². The van der Waals surface area contributed by atoms with Gasteiger partial charge in [0.05, 0.1) is 4.43 Å². The minimum absolute atomic E-state index is 0.254. The molecule has 30 valence electrons. The maximum absolute atomic E-state index is 9.87. The van der Waals surface area contributed by atoms with Crippen molar-refractivity contribution in [1.82, 2.24) is 0 Å². The molecule has 5 heavy (non-hydrogen) atoms. The van der Waals surface area contributed by atoms with Crippen LogP contribution in [0.1, 0.15) is 0 Å². The molecule has 0 radical (unpaired) electrons. The van der Waals surface area contributed by atoms with Gasteiger partial charge in [0, 0.05) is 0 Å². The molecule has 0 bridgehead atoms. The van der Waals surface area contributed by atoms with Crippen LogP contribution in [0.4, 0.5) is 0 Å². The molecule has 0 rings (SSSR count). The molecular formula is C2H4INO. The van der Waals surface area contributed by atoms with Crippen LogP contribution in [0.3, 0.4) is 0 Å². The Hall–Kier alpha value is 0.200. The lowest BCUT2D eigenvalue weighted by Gasteiger charge is -1.71. The van der Waals surface area contributed by atoms with Crippen LogP contribution in [-0.2, 0) is 4.79 Å². The van der Waals surface area contributed by atoms with Crippen molar-refractivity contribution in [2.24, 2.45) is 5.73 Å². The van der Waals surface area contributed by atoms with Crippen LogP contribution in [0.25, 0.3) is 0 Å². The highest BCUT2D eigenvalue weighted by Gasteiger charge is 1.79. The van der Waals surface area contributed by atoms with Gasteiger partial charge in [0.25, 0.3) is 0 Å². The van der Waals surface area contributed by atoms with Gasteiger partial charge in [0.15, 0.2) is 1.41 Å². The van der Waals surface area contributed by atoms with Gasteiger partial charge in [-0.15, -0.1) is 0 Å². The first-order valence-corrected chi connectivity index (χ1v) is 2.60. The Labute approximate surface area is 45.3 Å². The fourth-order valence-corrected chi connectivity index (χ4v) is 0. The maximum atomic E-state index is 9.87. The molecule has 0 aliphatic heterocycles. The van der Waals surface area contributed by atoms with Gasteiger partial charge >= 0.3 is 0 Å². The van der Waals surface area contributed by atoms with E-state index in [0.29, 0.717) is 4.43 Å². The summed E-state index contributed by atoms with van der Waals surface area (Å²) in [5, 5.41) is 0. The van der Waals surface area contributed by atoms with Gasteiger partial charge in [0.1, 0.15) is 0 Å². The van der Waals surface area contributed by atoms with E-state index in [2.05, 4.69) is 0 Å². The number of hydrogen-bond donors (Lipinski definition) is 1. The van der Waals surface area contributed by atoms with Gasteiger partial charge in [-0.1, -0.05) is 22.6 Å². The Morgan fingerprint density at radius 3 is 3.00 bits per heavy atom. The number of carbonyl (C=O) groups is 1. The predicted molar refractivity (Wildman–Crippen MR) is 28.1 cm³/mol. The van der Waals surface area contributed by atoms with Crippen LogP contribution in [0.2, 0.25) is 1.41 Å². The summed E-state index contributed by atoms with van der Waals surface area (Å²) in [4.78, 5) is 9.87. The number of primary amides is 1. The molecule has 0 fully saturated rings. The second-order valence-corrected chi connectivity index (χ2v) is 1.32. The van der Waals surface area contributed by atoms with Crippen LogP contribution in [0, 0.1) is 0 Å². The van der Waals surface area contributed by atoms with Crippen LogP contribution < -0.4 is 5.73 Å². The SMILES string of the molecule is [2H]NC(=O)CI. The highest BCUT2D eigenvalue weighted by Crippen LogP contribution is 1.72. The van der Waals surface area contributed by atoms with Crippen LogP contribution in [0.5, 0.6) is 0 Å². The second-order valence-electron chi connectivity index (χ2n) is 0.557. The summed E-state index contributed by atoms with van der Waals surface area (Å²) in [6, 6.07) is 0. The fourth-order valence-electron chi connectivity index (χ4n) is 0. The minimum Gasteiger partial charge on any atom is -0.369 e. The van der Waals surface area contributed by atoms with Crippen molar-refractivity contribution in [3.05, 3.63) is 0 Å². The Kier molecular flexibility index (Phi) is 1.65. The van der Waals surface area contributed by atoms with E-state index in [4.69, 9.17) is 1.41 Å². The topological polar surface area (TPSA) is 43.1 Å². The second kappa shape index (κ2) is 2.44. The molecule has 1 amide bonds. The fraction of sp³-hybridized carbons (Fsp3) is 0.500. The molecule has 0 saturated carbocycles. The van der Waals surface area contributed by atoms with Crippen LogP contribution in [-0.4, -0.2) is 10.3 Å². The Morgan fingerprint density at radius 2 is 3.00 bits per heavy atom. The summed E-state index contributed by atoms with van der Waals surface area (Å²) in [6.07, 6.45) is 0. The molecule has 0 heterocycles. The number of halogens is 1. The molecule has 2 nitrogen and oxygen atoms in total. The normalized spacial score (nSPS) is 9.40. The first-order valence-electron chi connectivity index (χ1n) is 1.57. The molecule has 0 atom stereocenters. The van der Waals surface area contributed by atoms with Crippen molar-refractivity contribution < 1.29 is 6.21 Å². The zero-order valence-electron chi connectivity index (χ0n) is 3.49. The summed E-state index contributed by atoms with van der Waals surface area (Å²) in [6.45, 7) is 0. The Morgan fingerprint density at radius 1 is 2.40 bits per heavy atom. The molecule has 0 aromatic carbocycles. The molecule has 0 spiro atoms. The first-order chi connectivity index (χ1) is 2.81. The number of rotatable bonds is 1. The summed E-state index contributed by atoms with van der Waals surface area (Å²) in [5.74, 6) is -0.254. The average molecular weight is 186 g/mol. The van der Waals surface area contributed by atoms with E-state index in [1.165, 1.54) is 0 Å². The largest absolute Gasteiger partial charge is 0.369 e. The van der Waals surface area contributed by atoms with E-state index in [9.17, 15) is 4.79 Å². The molecule has 0 aliphatic rings. The number of nitrogens with two attached hydrogens (primary N) is 1. The summed E-state index contributed by atoms with van der Waals surface area (Å²) in [5.41, 5.74) is 1.72. The lowest BCUT2D eigenvalue weighted by Crippen LogP contribution is -2.10. The Bertz CT molecular complexity index is 51.5. The summed E-state index contributed by atoms with van der Waals surface area (Å²) >= 11 is 1.88. The molecule has 0 aliphatic carbocycles. The van der Waals surface area contributed by atoms with Crippen molar-refractivity contribution in [3.63, 3.8) is 0 Å². The van der Waals surface area contributed by atoms with Crippen LogP contribution >= 0.6 is 22.6 Å². The van der Waals surface area contributed by atoms with Crippen molar-refractivity contribution in [2.75, 3.05) is 4.43 Å². The molecular weight excluding hydrogens is 181 g/mol. The van der Waals surface area contributed by atoms with Gasteiger partial charge in [-0.25, -0.2) is 0 Å². The highest BCUT2D eigenvalue weighted by atomic mass is 127. The third kappa shape index (κ3) is 4.20. The molecule has 0 unspecified atom stereocenters. The van der Waals surface area contributed by atoms with E-state index in [-0.39, 0.29) is 5.91 Å². The highest BCUT2D eigenvalue weighted by molar-refractivity contribution is 14.1. The van der Waals surface area contributed by atoms with E-state index < -0.39 is 0 Å².